The summed E-state index contributed by atoms with van der Waals surface area (Å²) in [5.74, 6) is 0.835. The van der Waals surface area contributed by atoms with Gasteiger partial charge in [0, 0.05) is 6.42 Å². The molecular weight excluding hydrogens is 248 g/mol. The molecule has 1 aromatic carbocycles. The van der Waals surface area contributed by atoms with E-state index in [0.29, 0.717) is 12.1 Å². The van der Waals surface area contributed by atoms with E-state index in [0.717, 1.165) is 29.2 Å². The molecule has 1 saturated carbocycles. The van der Waals surface area contributed by atoms with Crippen LogP contribution in [0.1, 0.15) is 56.1 Å². The summed E-state index contributed by atoms with van der Waals surface area (Å²) in [6.07, 6.45) is 8.22. The van der Waals surface area contributed by atoms with Gasteiger partial charge < -0.3 is 11.1 Å². The van der Waals surface area contributed by atoms with Crippen LogP contribution < -0.4 is 11.1 Å². The first-order valence-corrected chi connectivity index (χ1v) is 7.73. The van der Waals surface area contributed by atoms with Crippen molar-refractivity contribution in [1.29, 1.82) is 0 Å². The summed E-state index contributed by atoms with van der Waals surface area (Å²) < 4.78 is 0. The molecule has 20 heavy (non-hydrogen) atoms. The van der Waals surface area contributed by atoms with Gasteiger partial charge in [-0.2, -0.15) is 0 Å². The standard InChI is InChI=1S/C17H26N2O/c1-12-8-10-15(18)17(13(12)2)19-16(20)11-9-14-6-4-3-5-7-14/h8,10,14H,3-7,9,11,18H2,1-2H3,(H,19,20). The Kier molecular flexibility index (Phi) is 5.05. The van der Waals surface area contributed by atoms with Crippen molar-refractivity contribution in [1.82, 2.24) is 0 Å². The van der Waals surface area contributed by atoms with Crippen LogP contribution in [-0.4, -0.2) is 5.91 Å². The van der Waals surface area contributed by atoms with Crippen molar-refractivity contribution in [3.05, 3.63) is 23.3 Å². The molecule has 0 spiro atoms. The largest absolute Gasteiger partial charge is 0.397 e. The Bertz CT molecular complexity index is 476. The van der Waals surface area contributed by atoms with E-state index in [1.807, 2.05) is 26.0 Å². The third-order valence-corrected chi connectivity index (χ3v) is 4.54. The zero-order valence-electron chi connectivity index (χ0n) is 12.7. The Labute approximate surface area is 121 Å². The first-order chi connectivity index (χ1) is 9.58. The van der Waals surface area contributed by atoms with Crippen LogP contribution in [0.15, 0.2) is 12.1 Å². The van der Waals surface area contributed by atoms with Crippen molar-refractivity contribution in [2.24, 2.45) is 5.92 Å². The number of hydrogen-bond acceptors (Lipinski definition) is 2. The van der Waals surface area contributed by atoms with Crippen LogP contribution in [0, 0.1) is 19.8 Å². The molecule has 1 aliphatic carbocycles. The summed E-state index contributed by atoms with van der Waals surface area (Å²) in [5.41, 5.74) is 9.63. The minimum Gasteiger partial charge on any atom is -0.397 e. The number of nitrogen functional groups attached to an aromatic ring is 1. The van der Waals surface area contributed by atoms with Crippen molar-refractivity contribution >= 4 is 17.3 Å². The summed E-state index contributed by atoms with van der Waals surface area (Å²) in [6.45, 7) is 4.04. The fourth-order valence-electron chi connectivity index (χ4n) is 3.02. The SMILES string of the molecule is Cc1ccc(N)c(NC(=O)CCC2CCCCC2)c1C. The number of rotatable bonds is 4. The van der Waals surface area contributed by atoms with E-state index in [1.54, 1.807) is 0 Å². The smallest absolute Gasteiger partial charge is 0.224 e. The molecular formula is C17H26N2O. The normalized spacial score (nSPS) is 16.1. The number of nitrogens with one attached hydrogen (secondary N) is 1. The van der Waals surface area contributed by atoms with E-state index in [1.165, 1.54) is 32.1 Å². The first kappa shape index (κ1) is 14.9. The number of aryl methyl sites for hydroxylation is 1. The Morgan fingerprint density at radius 1 is 1.25 bits per heavy atom. The summed E-state index contributed by atoms with van der Waals surface area (Å²) in [7, 11) is 0. The molecule has 3 nitrogen and oxygen atoms in total. The maximum Gasteiger partial charge on any atom is 0.224 e. The molecule has 0 heterocycles. The van der Waals surface area contributed by atoms with E-state index in [4.69, 9.17) is 5.73 Å². The minimum atomic E-state index is 0.0935. The van der Waals surface area contributed by atoms with Crippen molar-refractivity contribution < 1.29 is 4.79 Å². The second kappa shape index (κ2) is 6.78. The van der Waals surface area contributed by atoms with E-state index in [2.05, 4.69) is 5.32 Å². The molecule has 0 saturated heterocycles. The highest BCUT2D eigenvalue weighted by atomic mass is 16.1. The van der Waals surface area contributed by atoms with Crippen LogP contribution in [0.3, 0.4) is 0 Å². The van der Waals surface area contributed by atoms with Crippen LogP contribution in [0.2, 0.25) is 0 Å². The number of anilines is 2. The van der Waals surface area contributed by atoms with E-state index < -0.39 is 0 Å². The molecule has 3 N–H and O–H groups in total. The van der Waals surface area contributed by atoms with Crippen LogP contribution in [0.5, 0.6) is 0 Å². The number of hydrogen-bond donors (Lipinski definition) is 2. The molecule has 0 bridgehead atoms. The van der Waals surface area contributed by atoms with Crippen LogP contribution >= 0.6 is 0 Å². The topological polar surface area (TPSA) is 55.1 Å². The lowest BCUT2D eigenvalue weighted by molar-refractivity contribution is -0.116. The number of nitrogens with two attached hydrogens (primary N) is 1. The molecule has 3 heteroatoms. The van der Waals surface area contributed by atoms with Gasteiger partial charge in [-0.3, -0.25) is 4.79 Å². The van der Waals surface area contributed by atoms with Gasteiger partial charge in [0.15, 0.2) is 0 Å². The highest BCUT2D eigenvalue weighted by molar-refractivity contribution is 5.95. The third kappa shape index (κ3) is 3.75. The molecule has 0 aromatic heterocycles. The number of carbonyl (C=O) groups is 1. The van der Waals surface area contributed by atoms with Crippen molar-refractivity contribution in [3.8, 4) is 0 Å². The van der Waals surface area contributed by atoms with Gasteiger partial charge in [-0.05, 0) is 43.4 Å². The fraction of sp³-hybridized carbons (Fsp3) is 0.588. The minimum absolute atomic E-state index is 0.0935. The molecule has 1 aliphatic rings. The predicted octanol–water partition coefficient (Wildman–Crippen LogP) is 4.18. The first-order valence-electron chi connectivity index (χ1n) is 7.73. The average molecular weight is 274 g/mol. The summed E-state index contributed by atoms with van der Waals surface area (Å²) in [4.78, 5) is 12.1. The monoisotopic (exact) mass is 274 g/mol. The molecule has 0 aliphatic heterocycles. The van der Waals surface area contributed by atoms with Gasteiger partial charge in [0.2, 0.25) is 5.91 Å². The Balaban J connectivity index is 1.89. The maximum absolute atomic E-state index is 12.1. The Morgan fingerprint density at radius 2 is 1.95 bits per heavy atom. The highest BCUT2D eigenvalue weighted by Crippen LogP contribution is 2.29. The molecule has 2 rings (SSSR count). The maximum atomic E-state index is 12.1. The lowest BCUT2D eigenvalue weighted by atomic mass is 9.86. The number of carbonyl (C=O) groups excluding carboxylic acids is 1. The van der Waals surface area contributed by atoms with Gasteiger partial charge in [-0.15, -0.1) is 0 Å². The van der Waals surface area contributed by atoms with Gasteiger partial charge in [-0.1, -0.05) is 38.2 Å². The number of benzene rings is 1. The quantitative estimate of drug-likeness (QED) is 0.809. The van der Waals surface area contributed by atoms with Gasteiger partial charge in [0.05, 0.1) is 11.4 Å². The predicted molar refractivity (Wildman–Crippen MR) is 84.8 cm³/mol. The molecule has 0 radical (unpaired) electrons. The lowest BCUT2D eigenvalue weighted by Crippen LogP contribution is -2.16. The second-order valence-corrected chi connectivity index (χ2v) is 6.06. The average Bonchev–Trinajstić information content (AvgIpc) is 2.46. The fourth-order valence-corrected chi connectivity index (χ4v) is 3.02. The van der Waals surface area contributed by atoms with Crippen LogP contribution in [0.25, 0.3) is 0 Å². The zero-order valence-corrected chi connectivity index (χ0v) is 12.7. The molecule has 0 atom stereocenters. The van der Waals surface area contributed by atoms with Gasteiger partial charge in [-0.25, -0.2) is 0 Å². The summed E-state index contributed by atoms with van der Waals surface area (Å²) in [6, 6.07) is 3.85. The van der Waals surface area contributed by atoms with E-state index in [-0.39, 0.29) is 5.91 Å². The van der Waals surface area contributed by atoms with Gasteiger partial charge >= 0.3 is 0 Å². The molecule has 1 amide bonds. The van der Waals surface area contributed by atoms with Gasteiger partial charge in [0.25, 0.3) is 0 Å². The van der Waals surface area contributed by atoms with E-state index in [9.17, 15) is 4.79 Å². The van der Waals surface area contributed by atoms with Crippen molar-refractivity contribution in [2.45, 2.75) is 58.8 Å². The second-order valence-electron chi connectivity index (χ2n) is 6.06. The van der Waals surface area contributed by atoms with Crippen LogP contribution in [0.4, 0.5) is 11.4 Å². The zero-order chi connectivity index (χ0) is 14.5. The summed E-state index contributed by atoms with van der Waals surface area (Å²) >= 11 is 0. The van der Waals surface area contributed by atoms with E-state index >= 15 is 0 Å². The third-order valence-electron chi connectivity index (χ3n) is 4.54. The molecule has 110 valence electrons. The molecule has 0 unspecified atom stereocenters. The number of amides is 1. The Morgan fingerprint density at radius 3 is 2.65 bits per heavy atom. The Hall–Kier alpha value is -1.51. The van der Waals surface area contributed by atoms with Gasteiger partial charge in [0.1, 0.15) is 0 Å². The molecule has 1 aromatic rings. The highest BCUT2D eigenvalue weighted by Gasteiger charge is 2.16. The van der Waals surface area contributed by atoms with Crippen molar-refractivity contribution in [3.63, 3.8) is 0 Å². The molecule has 1 fully saturated rings. The lowest BCUT2D eigenvalue weighted by Gasteiger charge is -2.21. The van der Waals surface area contributed by atoms with Crippen molar-refractivity contribution in [2.75, 3.05) is 11.1 Å². The van der Waals surface area contributed by atoms with Crippen LogP contribution in [-0.2, 0) is 4.79 Å². The summed E-state index contributed by atoms with van der Waals surface area (Å²) in [5, 5.41) is 2.99.